The second-order valence-electron chi connectivity index (χ2n) is 5.95. The fraction of sp³-hybridized carbons (Fsp3) is 0.615. The van der Waals surface area contributed by atoms with E-state index in [2.05, 4.69) is 24.3 Å². The Hall–Kier alpha value is -1.18. The van der Waals surface area contributed by atoms with E-state index in [0.717, 1.165) is 19.3 Å². The Morgan fingerprint density at radius 3 is 2.65 bits per heavy atom. The average molecular weight is 298 g/mol. The number of hydrazine groups is 1. The van der Waals surface area contributed by atoms with Crippen molar-refractivity contribution in [3.8, 4) is 0 Å². The van der Waals surface area contributed by atoms with Crippen molar-refractivity contribution in [1.29, 1.82) is 0 Å². The molecule has 1 aromatic rings. The summed E-state index contributed by atoms with van der Waals surface area (Å²) in [5, 5.41) is 0. The van der Waals surface area contributed by atoms with Crippen molar-refractivity contribution < 1.29 is 8.42 Å². The van der Waals surface area contributed by atoms with E-state index in [1.165, 1.54) is 12.3 Å². The predicted molar refractivity (Wildman–Crippen MR) is 78.4 cm³/mol. The molecule has 1 aliphatic rings. The summed E-state index contributed by atoms with van der Waals surface area (Å²) in [4.78, 5) is 4.19. The van der Waals surface area contributed by atoms with Crippen LogP contribution in [0.4, 0.5) is 5.82 Å². The quantitative estimate of drug-likeness (QED) is 0.653. The lowest BCUT2D eigenvalue weighted by atomic mass is 9.85. The van der Waals surface area contributed by atoms with Crippen molar-refractivity contribution >= 4 is 15.8 Å². The number of aromatic nitrogens is 1. The third kappa shape index (κ3) is 3.28. The molecule has 7 heteroatoms. The van der Waals surface area contributed by atoms with Gasteiger partial charge in [0.15, 0.2) is 0 Å². The van der Waals surface area contributed by atoms with Gasteiger partial charge in [0, 0.05) is 19.3 Å². The van der Waals surface area contributed by atoms with Crippen molar-refractivity contribution in [3.63, 3.8) is 0 Å². The van der Waals surface area contributed by atoms with E-state index in [0.29, 0.717) is 18.9 Å². The summed E-state index contributed by atoms with van der Waals surface area (Å²) < 4.78 is 26.7. The Labute approximate surface area is 120 Å². The van der Waals surface area contributed by atoms with Crippen molar-refractivity contribution in [3.05, 3.63) is 18.3 Å². The number of sulfonamides is 1. The molecule has 6 nitrogen and oxygen atoms in total. The van der Waals surface area contributed by atoms with Gasteiger partial charge in [0.1, 0.15) is 10.7 Å². The largest absolute Gasteiger partial charge is 0.308 e. The number of nitrogens with zero attached hydrogens (tertiary/aromatic N) is 2. The number of nitrogen functional groups attached to an aromatic ring is 1. The zero-order chi connectivity index (χ0) is 14.8. The van der Waals surface area contributed by atoms with Crippen LogP contribution in [-0.4, -0.2) is 30.8 Å². The fourth-order valence-electron chi connectivity index (χ4n) is 2.41. The minimum Gasteiger partial charge on any atom is -0.308 e. The third-order valence-electron chi connectivity index (χ3n) is 3.82. The molecule has 1 fully saturated rings. The standard InChI is InChI=1S/C13H22N4O2S/c1-13(2)6-3-8-17(9-7-13)20(18,19)11-4-5-12(16-14)15-10-11/h4-5,10H,3,6-9,14H2,1-2H3,(H,15,16). The van der Waals surface area contributed by atoms with Gasteiger partial charge in [-0.2, -0.15) is 4.31 Å². The summed E-state index contributed by atoms with van der Waals surface area (Å²) in [6.45, 7) is 5.51. The number of hydrogen-bond donors (Lipinski definition) is 2. The van der Waals surface area contributed by atoms with Crippen LogP contribution in [0.2, 0.25) is 0 Å². The Bertz CT molecular complexity index is 554. The van der Waals surface area contributed by atoms with Gasteiger partial charge in [-0.25, -0.2) is 19.2 Å². The third-order valence-corrected chi connectivity index (χ3v) is 5.70. The molecule has 0 aromatic carbocycles. The maximum Gasteiger partial charge on any atom is 0.244 e. The lowest BCUT2D eigenvalue weighted by Crippen LogP contribution is -2.32. The summed E-state index contributed by atoms with van der Waals surface area (Å²) in [5.74, 6) is 5.68. The summed E-state index contributed by atoms with van der Waals surface area (Å²) in [6.07, 6.45) is 4.16. The molecule has 0 unspecified atom stereocenters. The van der Waals surface area contributed by atoms with Gasteiger partial charge in [-0.05, 0) is 36.8 Å². The number of nitrogens with one attached hydrogen (secondary N) is 1. The first kappa shape index (κ1) is 15.2. The fourth-order valence-corrected chi connectivity index (χ4v) is 3.83. The van der Waals surface area contributed by atoms with Gasteiger partial charge in [-0.15, -0.1) is 0 Å². The van der Waals surface area contributed by atoms with Gasteiger partial charge in [-0.3, -0.25) is 0 Å². The minimum absolute atomic E-state index is 0.204. The number of anilines is 1. The molecule has 0 atom stereocenters. The topological polar surface area (TPSA) is 88.3 Å². The monoisotopic (exact) mass is 298 g/mol. The van der Waals surface area contributed by atoms with Crippen LogP contribution in [0, 0.1) is 5.41 Å². The highest BCUT2D eigenvalue weighted by Gasteiger charge is 2.30. The molecule has 2 heterocycles. The zero-order valence-electron chi connectivity index (χ0n) is 12.0. The Morgan fingerprint density at radius 1 is 1.30 bits per heavy atom. The smallest absolute Gasteiger partial charge is 0.244 e. The minimum atomic E-state index is -3.46. The summed E-state index contributed by atoms with van der Waals surface area (Å²) in [5.41, 5.74) is 2.59. The molecule has 1 aliphatic heterocycles. The van der Waals surface area contributed by atoms with Crippen LogP contribution in [0.5, 0.6) is 0 Å². The molecule has 112 valence electrons. The van der Waals surface area contributed by atoms with Gasteiger partial charge in [-0.1, -0.05) is 13.8 Å². The highest BCUT2D eigenvalue weighted by molar-refractivity contribution is 7.89. The summed E-state index contributed by atoms with van der Waals surface area (Å²) in [7, 11) is -3.46. The van der Waals surface area contributed by atoms with E-state index >= 15 is 0 Å². The molecular formula is C13H22N4O2S. The molecule has 1 aromatic heterocycles. The number of nitrogens with two attached hydrogens (primary N) is 1. The molecule has 0 amide bonds. The molecule has 1 saturated heterocycles. The summed E-state index contributed by atoms with van der Waals surface area (Å²) in [6, 6.07) is 3.10. The van der Waals surface area contributed by atoms with Crippen LogP contribution >= 0.6 is 0 Å². The van der Waals surface area contributed by atoms with Crippen LogP contribution in [0.15, 0.2) is 23.2 Å². The highest BCUT2D eigenvalue weighted by atomic mass is 32.2. The molecule has 0 radical (unpaired) electrons. The predicted octanol–water partition coefficient (Wildman–Crippen LogP) is 1.57. The molecule has 3 N–H and O–H groups in total. The van der Waals surface area contributed by atoms with E-state index < -0.39 is 10.0 Å². The molecular weight excluding hydrogens is 276 g/mol. The first-order valence-electron chi connectivity index (χ1n) is 6.78. The van der Waals surface area contributed by atoms with Crippen LogP contribution in [0.3, 0.4) is 0 Å². The Morgan fingerprint density at radius 2 is 2.05 bits per heavy atom. The van der Waals surface area contributed by atoms with Crippen LogP contribution in [0.25, 0.3) is 0 Å². The highest BCUT2D eigenvalue weighted by Crippen LogP contribution is 2.31. The van der Waals surface area contributed by atoms with Crippen LogP contribution in [-0.2, 0) is 10.0 Å². The molecule has 0 spiro atoms. The number of rotatable bonds is 3. The second kappa shape index (κ2) is 5.67. The SMILES string of the molecule is CC1(C)CCCN(S(=O)(=O)c2ccc(NN)nc2)CC1. The van der Waals surface area contributed by atoms with E-state index in [1.54, 1.807) is 10.4 Å². The zero-order valence-corrected chi connectivity index (χ0v) is 12.8. The first-order chi connectivity index (χ1) is 9.35. The van der Waals surface area contributed by atoms with E-state index in [9.17, 15) is 8.42 Å². The van der Waals surface area contributed by atoms with E-state index in [4.69, 9.17) is 5.84 Å². The van der Waals surface area contributed by atoms with Crippen molar-refractivity contribution in [1.82, 2.24) is 9.29 Å². The summed E-state index contributed by atoms with van der Waals surface area (Å²) >= 11 is 0. The molecule has 0 aliphatic carbocycles. The van der Waals surface area contributed by atoms with Gasteiger partial charge in [0.2, 0.25) is 10.0 Å². The van der Waals surface area contributed by atoms with Gasteiger partial charge < -0.3 is 5.43 Å². The Balaban J connectivity index is 2.20. The average Bonchev–Trinajstić information content (AvgIpc) is 2.60. The van der Waals surface area contributed by atoms with Crippen molar-refractivity contribution in [2.45, 2.75) is 38.0 Å². The van der Waals surface area contributed by atoms with Gasteiger partial charge in [0.25, 0.3) is 0 Å². The molecule has 0 bridgehead atoms. The Kier molecular flexibility index (Phi) is 4.31. The molecule has 20 heavy (non-hydrogen) atoms. The van der Waals surface area contributed by atoms with E-state index in [1.807, 2.05) is 0 Å². The lowest BCUT2D eigenvalue weighted by Gasteiger charge is -2.23. The molecule has 2 rings (SSSR count). The van der Waals surface area contributed by atoms with Gasteiger partial charge >= 0.3 is 0 Å². The van der Waals surface area contributed by atoms with Crippen molar-refractivity contribution in [2.75, 3.05) is 18.5 Å². The second-order valence-corrected chi connectivity index (χ2v) is 7.88. The maximum atomic E-state index is 12.6. The number of hydrogen-bond acceptors (Lipinski definition) is 5. The van der Waals surface area contributed by atoms with Crippen molar-refractivity contribution in [2.24, 2.45) is 11.3 Å². The van der Waals surface area contributed by atoms with Gasteiger partial charge in [0.05, 0.1) is 0 Å². The molecule has 0 saturated carbocycles. The first-order valence-corrected chi connectivity index (χ1v) is 8.22. The number of pyridine rings is 1. The van der Waals surface area contributed by atoms with Crippen LogP contribution in [0.1, 0.15) is 33.1 Å². The van der Waals surface area contributed by atoms with Crippen LogP contribution < -0.4 is 11.3 Å². The van der Waals surface area contributed by atoms with E-state index in [-0.39, 0.29) is 10.3 Å². The normalized spacial score (nSPS) is 20.4. The lowest BCUT2D eigenvalue weighted by molar-refractivity contribution is 0.315. The maximum absolute atomic E-state index is 12.6.